The molecule has 1 aromatic rings. The zero-order valence-corrected chi connectivity index (χ0v) is 13.7. The fraction of sp³-hybridized carbons (Fsp3) is 0.462. The molecule has 9 heteroatoms. The highest BCUT2D eigenvalue weighted by Gasteiger charge is 2.20. The second kappa shape index (κ2) is 7.70. The summed E-state index contributed by atoms with van der Waals surface area (Å²) in [4.78, 5) is 25.2. The second-order valence-electron chi connectivity index (χ2n) is 4.62. The maximum atomic E-state index is 12.1. The molecule has 0 spiro atoms. The van der Waals surface area contributed by atoms with E-state index in [1.165, 1.54) is 12.3 Å². The van der Waals surface area contributed by atoms with Crippen LogP contribution in [0.15, 0.2) is 28.0 Å². The van der Waals surface area contributed by atoms with E-state index in [1.54, 1.807) is 17.0 Å². The topological polar surface area (TPSA) is 89.8 Å². The van der Waals surface area contributed by atoms with Crippen LogP contribution in [0.25, 0.3) is 0 Å². The molecule has 1 heterocycles. The number of rotatable bonds is 5. The Morgan fingerprint density at radius 3 is 2.73 bits per heavy atom. The van der Waals surface area contributed by atoms with Crippen LogP contribution in [-0.2, 0) is 20.3 Å². The first-order valence-electron chi connectivity index (χ1n) is 6.59. The Morgan fingerprint density at radius 2 is 2.14 bits per heavy atom. The van der Waals surface area contributed by atoms with Crippen molar-refractivity contribution in [2.24, 2.45) is 0 Å². The van der Waals surface area contributed by atoms with E-state index in [9.17, 15) is 19.1 Å². The highest BCUT2D eigenvalue weighted by atomic mass is 32.2. The van der Waals surface area contributed by atoms with Crippen LogP contribution in [0.2, 0.25) is 0 Å². The van der Waals surface area contributed by atoms with Gasteiger partial charge in [0.05, 0.1) is 39.6 Å². The Labute approximate surface area is 134 Å². The van der Waals surface area contributed by atoms with E-state index in [4.69, 9.17) is 4.74 Å². The third kappa shape index (κ3) is 4.28. The Morgan fingerprint density at radius 1 is 1.45 bits per heavy atom. The van der Waals surface area contributed by atoms with Crippen molar-refractivity contribution >= 4 is 34.2 Å². The molecular formula is C13H16N2O5S2. The van der Waals surface area contributed by atoms with E-state index in [2.05, 4.69) is 0 Å². The predicted octanol–water partition coefficient (Wildman–Crippen LogP) is 1.28. The number of nitro benzene ring substituents is 1. The van der Waals surface area contributed by atoms with Gasteiger partial charge in [-0.25, -0.2) is 0 Å². The Kier molecular flexibility index (Phi) is 5.92. The van der Waals surface area contributed by atoms with Gasteiger partial charge in [0.1, 0.15) is 0 Å². The molecule has 1 aromatic carbocycles. The Balaban J connectivity index is 2.07. The number of carbonyl (C=O) groups excluding carboxylic acids is 1. The third-order valence-corrected chi connectivity index (χ3v) is 5.14. The first-order valence-corrected chi connectivity index (χ1v) is 9.13. The lowest BCUT2D eigenvalue weighted by Gasteiger charge is -2.26. The van der Waals surface area contributed by atoms with Crippen molar-refractivity contribution in [3.8, 4) is 0 Å². The van der Waals surface area contributed by atoms with Crippen LogP contribution in [-0.4, -0.2) is 58.3 Å². The zero-order valence-electron chi connectivity index (χ0n) is 12.0. The molecule has 0 bridgehead atoms. The summed E-state index contributed by atoms with van der Waals surface area (Å²) in [5.41, 5.74) is -0.118. The molecule has 1 fully saturated rings. The standard InChI is InChI=1S/C13H16N2O5S2/c1-22(19)10-2-3-12(11(8-10)15(17)18)21-9-13(16)14-4-6-20-7-5-14/h2-3,8H,4-7,9H2,1H3. The highest BCUT2D eigenvalue weighted by molar-refractivity contribution is 8.00. The summed E-state index contributed by atoms with van der Waals surface area (Å²) in [6.45, 7) is 2.14. The number of benzene rings is 1. The lowest BCUT2D eigenvalue weighted by atomic mass is 10.3. The largest absolute Gasteiger partial charge is 0.378 e. The molecule has 0 aromatic heterocycles. The van der Waals surface area contributed by atoms with Crippen LogP contribution in [0.4, 0.5) is 5.69 Å². The summed E-state index contributed by atoms with van der Waals surface area (Å²) < 4.78 is 16.6. The van der Waals surface area contributed by atoms with Crippen LogP contribution < -0.4 is 0 Å². The molecule has 1 aliphatic heterocycles. The van der Waals surface area contributed by atoms with Crippen molar-refractivity contribution in [2.45, 2.75) is 9.79 Å². The second-order valence-corrected chi connectivity index (χ2v) is 7.02. The minimum atomic E-state index is -1.28. The summed E-state index contributed by atoms with van der Waals surface area (Å²) in [5.74, 6) is 0.0702. The number of ether oxygens (including phenoxy) is 1. The van der Waals surface area contributed by atoms with Gasteiger partial charge in [0.25, 0.3) is 5.69 Å². The van der Waals surface area contributed by atoms with Crippen molar-refractivity contribution in [3.63, 3.8) is 0 Å². The first kappa shape index (κ1) is 16.9. The predicted molar refractivity (Wildman–Crippen MR) is 83.6 cm³/mol. The summed E-state index contributed by atoms with van der Waals surface area (Å²) in [7, 11) is -1.28. The minimum Gasteiger partial charge on any atom is -0.378 e. The molecule has 0 N–H and O–H groups in total. The number of morpholine rings is 1. The van der Waals surface area contributed by atoms with Gasteiger partial charge in [-0.15, -0.1) is 11.8 Å². The summed E-state index contributed by atoms with van der Waals surface area (Å²) >= 11 is 1.12. The molecule has 7 nitrogen and oxygen atoms in total. The normalized spacial score (nSPS) is 16.3. The molecule has 1 amide bonds. The molecule has 1 atom stereocenters. The number of carbonyl (C=O) groups is 1. The molecule has 120 valence electrons. The number of nitrogens with zero attached hydrogens (tertiary/aromatic N) is 2. The van der Waals surface area contributed by atoms with Crippen molar-refractivity contribution in [1.82, 2.24) is 4.90 Å². The minimum absolute atomic E-state index is 0.0641. The van der Waals surface area contributed by atoms with Gasteiger partial charge < -0.3 is 9.64 Å². The Hall–Kier alpha value is -1.45. The van der Waals surface area contributed by atoms with E-state index >= 15 is 0 Å². The van der Waals surface area contributed by atoms with E-state index in [0.717, 1.165) is 11.8 Å². The smallest absolute Gasteiger partial charge is 0.284 e. The fourth-order valence-corrected chi connectivity index (χ4v) is 3.43. The molecule has 2 rings (SSSR count). The van der Waals surface area contributed by atoms with E-state index < -0.39 is 15.7 Å². The van der Waals surface area contributed by atoms with Gasteiger partial charge >= 0.3 is 0 Å². The van der Waals surface area contributed by atoms with Gasteiger partial charge in [0.2, 0.25) is 5.91 Å². The monoisotopic (exact) mass is 344 g/mol. The van der Waals surface area contributed by atoms with Gasteiger partial charge in [-0.05, 0) is 12.1 Å². The number of hydrogen-bond donors (Lipinski definition) is 0. The van der Waals surface area contributed by atoms with Crippen molar-refractivity contribution < 1.29 is 18.7 Å². The van der Waals surface area contributed by atoms with Crippen LogP contribution in [0.1, 0.15) is 0 Å². The van der Waals surface area contributed by atoms with Crippen molar-refractivity contribution in [1.29, 1.82) is 0 Å². The maximum Gasteiger partial charge on any atom is 0.284 e. The van der Waals surface area contributed by atoms with Gasteiger partial charge in [0.15, 0.2) is 0 Å². The van der Waals surface area contributed by atoms with Gasteiger partial charge in [0, 0.05) is 30.3 Å². The molecule has 22 heavy (non-hydrogen) atoms. The van der Waals surface area contributed by atoms with Gasteiger partial charge in [-0.3, -0.25) is 19.1 Å². The van der Waals surface area contributed by atoms with Gasteiger partial charge in [-0.1, -0.05) is 0 Å². The molecule has 0 saturated carbocycles. The highest BCUT2D eigenvalue weighted by Crippen LogP contribution is 2.31. The molecule has 1 aliphatic rings. The number of thioether (sulfide) groups is 1. The van der Waals surface area contributed by atoms with E-state index in [0.29, 0.717) is 36.1 Å². The van der Waals surface area contributed by atoms with Crippen LogP contribution in [0.5, 0.6) is 0 Å². The number of nitro groups is 1. The average molecular weight is 344 g/mol. The third-order valence-electron chi connectivity index (χ3n) is 3.17. The average Bonchev–Trinajstić information content (AvgIpc) is 2.53. The van der Waals surface area contributed by atoms with Crippen LogP contribution in [0, 0.1) is 10.1 Å². The molecule has 1 unspecified atom stereocenters. The quantitative estimate of drug-likeness (QED) is 0.454. The van der Waals surface area contributed by atoms with Crippen molar-refractivity contribution in [2.75, 3.05) is 38.3 Å². The SMILES string of the molecule is CS(=O)c1ccc(SCC(=O)N2CCOCC2)c([N+](=O)[O-])c1. The lowest BCUT2D eigenvalue weighted by Crippen LogP contribution is -2.41. The van der Waals surface area contributed by atoms with Crippen LogP contribution >= 0.6 is 11.8 Å². The first-order chi connectivity index (χ1) is 10.5. The van der Waals surface area contributed by atoms with E-state index in [-0.39, 0.29) is 17.3 Å². The van der Waals surface area contributed by atoms with E-state index in [1.807, 2.05) is 0 Å². The molecule has 0 radical (unpaired) electrons. The number of hydrogen-bond acceptors (Lipinski definition) is 6. The Bertz CT molecular complexity index is 602. The zero-order chi connectivity index (χ0) is 16.1. The lowest BCUT2D eigenvalue weighted by molar-refractivity contribution is -0.387. The summed E-state index contributed by atoms with van der Waals surface area (Å²) in [6.07, 6.45) is 1.47. The molecule has 1 saturated heterocycles. The summed E-state index contributed by atoms with van der Waals surface area (Å²) in [6, 6.07) is 4.44. The van der Waals surface area contributed by atoms with Crippen LogP contribution in [0.3, 0.4) is 0 Å². The van der Waals surface area contributed by atoms with Gasteiger partial charge in [-0.2, -0.15) is 0 Å². The number of amides is 1. The molecule has 0 aliphatic carbocycles. The summed E-state index contributed by atoms with van der Waals surface area (Å²) in [5, 5.41) is 11.1. The van der Waals surface area contributed by atoms with Crippen molar-refractivity contribution in [3.05, 3.63) is 28.3 Å². The maximum absolute atomic E-state index is 12.1. The fourth-order valence-electron chi connectivity index (χ4n) is 1.98. The molecular weight excluding hydrogens is 328 g/mol.